The number of nitrogens with one attached hydrogen (secondary N) is 1. The lowest BCUT2D eigenvalue weighted by molar-refractivity contribution is 0.401. The zero-order valence-electron chi connectivity index (χ0n) is 6.85. The number of piperidine rings is 1. The van der Waals surface area contributed by atoms with Crippen LogP contribution in [0.1, 0.15) is 30.9 Å². The lowest BCUT2D eigenvalue weighted by Crippen LogP contribution is -2.26. The number of rotatable bonds is 1. The van der Waals surface area contributed by atoms with Crippen molar-refractivity contribution >= 4 is 11.3 Å². The molecule has 1 aliphatic rings. The maximum Gasteiger partial charge on any atom is 0.138 e. The molecular formula is C9H12FNS. The third-order valence-electron chi connectivity index (χ3n) is 2.33. The van der Waals surface area contributed by atoms with E-state index in [1.807, 2.05) is 5.38 Å². The van der Waals surface area contributed by atoms with Gasteiger partial charge in [-0.25, -0.2) is 4.39 Å². The Bertz CT molecular complexity index is 253. The molecule has 0 aliphatic carbocycles. The van der Waals surface area contributed by atoms with Crippen LogP contribution >= 0.6 is 11.3 Å². The second-order valence-electron chi connectivity index (χ2n) is 3.18. The van der Waals surface area contributed by atoms with Crippen molar-refractivity contribution in [3.8, 4) is 0 Å². The van der Waals surface area contributed by atoms with E-state index in [-0.39, 0.29) is 11.9 Å². The molecule has 3 heteroatoms. The summed E-state index contributed by atoms with van der Waals surface area (Å²) in [7, 11) is 0. The first kappa shape index (κ1) is 8.20. The molecule has 1 fully saturated rings. The highest BCUT2D eigenvalue weighted by atomic mass is 32.1. The van der Waals surface area contributed by atoms with Gasteiger partial charge >= 0.3 is 0 Å². The summed E-state index contributed by atoms with van der Waals surface area (Å²) in [5.74, 6) is -0.0422. The molecule has 1 aromatic rings. The summed E-state index contributed by atoms with van der Waals surface area (Å²) in [5, 5.41) is 6.82. The van der Waals surface area contributed by atoms with Crippen molar-refractivity contribution in [2.45, 2.75) is 25.3 Å². The fraction of sp³-hybridized carbons (Fsp3) is 0.556. The Balaban J connectivity index is 2.13. The van der Waals surface area contributed by atoms with Crippen LogP contribution < -0.4 is 5.32 Å². The van der Waals surface area contributed by atoms with Crippen LogP contribution in [0.25, 0.3) is 0 Å². The minimum atomic E-state index is -0.0422. The van der Waals surface area contributed by atoms with Gasteiger partial charge in [0.1, 0.15) is 5.82 Å². The molecule has 1 aliphatic heterocycles. The fourth-order valence-electron chi connectivity index (χ4n) is 1.66. The van der Waals surface area contributed by atoms with E-state index < -0.39 is 0 Å². The van der Waals surface area contributed by atoms with Crippen molar-refractivity contribution in [2.24, 2.45) is 0 Å². The summed E-state index contributed by atoms with van der Waals surface area (Å²) in [4.78, 5) is 0. The maximum atomic E-state index is 13.1. The maximum absolute atomic E-state index is 13.1. The summed E-state index contributed by atoms with van der Waals surface area (Å²) in [6, 6.07) is 0.269. The van der Waals surface area contributed by atoms with Crippen LogP contribution in [0.2, 0.25) is 0 Å². The van der Waals surface area contributed by atoms with Gasteiger partial charge in [0.05, 0.1) is 0 Å². The van der Waals surface area contributed by atoms with Gasteiger partial charge in [-0.15, -0.1) is 11.3 Å². The van der Waals surface area contributed by atoms with Gasteiger partial charge in [0.25, 0.3) is 0 Å². The summed E-state index contributed by atoms with van der Waals surface area (Å²) in [5.41, 5.74) is 0.861. The SMILES string of the molecule is Fc1cscc1[C@H]1CCCCN1. The topological polar surface area (TPSA) is 12.0 Å². The lowest BCUT2D eigenvalue weighted by atomic mass is 10.00. The molecule has 2 rings (SSSR count). The van der Waals surface area contributed by atoms with E-state index in [9.17, 15) is 4.39 Å². The third-order valence-corrected chi connectivity index (χ3v) is 3.06. The molecule has 1 N–H and O–H groups in total. The van der Waals surface area contributed by atoms with E-state index in [1.165, 1.54) is 24.2 Å². The molecule has 0 amide bonds. The van der Waals surface area contributed by atoms with Crippen molar-refractivity contribution < 1.29 is 4.39 Å². The summed E-state index contributed by atoms with van der Waals surface area (Å²) < 4.78 is 13.1. The van der Waals surface area contributed by atoms with Crippen molar-refractivity contribution in [1.29, 1.82) is 0 Å². The average Bonchev–Trinajstić information content (AvgIpc) is 2.53. The van der Waals surface area contributed by atoms with Crippen molar-refractivity contribution in [1.82, 2.24) is 5.32 Å². The van der Waals surface area contributed by atoms with Crippen LogP contribution in [-0.2, 0) is 0 Å². The Morgan fingerprint density at radius 3 is 2.92 bits per heavy atom. The smallest absolute Gasteiger partial charge is 0.138 e. The number of thiophene rings is 1. The number of halogens is 1. The highest BCUT2D eigenvalue weighted by Gasteiger charge is 2.18. The zero-order chi connectivity index (χ0) is 8.39. The van der Waals surface area contributed by atoms with Gasteiger partial charge in [0.2, 0.25) is 0 Å². The van der Waals surface area contributed by atoms with E-state index in [0.29, 0.717) is 0 Å². The second-order valence-corrected chi connectivity index (χ2v) is 3.92. The Morgan fingerprint density at radius 2 is 2.33 bits per heavy atom. The zero-order valence-corrected chi connectivity index (χ0v) is 7.66. The highest BCUT2D eigenvalue weighted by molar-refractivity contribution is 7.08. The predicted octanol–water partition coefficient (Wildman–Crippen LogP) is 2.70. The first-order valence-corrected chi connectivity index (χ1v) is 5.27. The molecule has 0 bridgehead atoms. The van der Waals surface area contributed by atoms with Gasteiger partial charge < -0.3 is 5.32 Å². The average molecular weight is 185 g/mol. The second kappa shape index (κ2) is 3.54. The molecule has 0 spiro atoms. The summed E-state index contributed by atoms with van der Waals surface area (Å²) >= 11 is 1.44. The fourth-order valence-corrected chi connectivity index (χ4v) is 2.40. The standard InChI is InChI=1S/C9H12FNS/c10-8-6-12-5-7(8)9-3-1-2-4-11-9/h5-6,9,11H,1-4H2/t9-/m1/s1. The molecule has 0 radical (unpaired) electrons. The van der Waals surface area contributed by atoms with Crippen LogP contribution in [0.5, 0.6) is 0 Å². The Labute approximate surface area is 75.6 Å². The normalized spacial score (nSPS) is 24.2. The van der Waals surface area contributed by atoms with Crippen LogP contribution in [0.15, 0.2) is 10.8 Å². The Hall–Kier alpha value is -0.410. The third kappa shape index (κ3) is 1.52. The Morgan fingerprint density at radius 1 is 1.42 bits per heavy atom. The molecule has 12 heavy (non-hydrogen) atoms. The molecule has 2 heterocycles. The van der Waals surface area contributed by atoms with Gasteiger partial charge in [-0.05, 0) is 24.8 Å². The van der Waals surface area contributed by atoms with E-state index in [1.54, 1.807) is 5.38 Å². The molecule has 1 saturated heterocycles. The largest absolute Gasteiger partial charge is 0.310 e. The molecule has 1 nitrogen and oxygen atoms in total. The van der Waals surface area contributed by atoms with Crippen LogP contribution in [0.4, 0.5) is 4.39 Å². The van der Waals surface area contributed by atoms with E-state index >= 15 is 0 Å². The molecule has 0 unspecified atom stereocenters. The summed E-state index contributed by atoms with van der Waals surface area (Å²) in [6.07, 6.45) is 3.52. The molecule has 1 aromatic heterocycles. The summed E-state index contributed by atoms with van der Waals surface area (Å²) in [6.45, 7) is 1.03. The van der Waals surface area contributed by atoms with Gasteiger partial charge in [-0.2, -0.15) is 0 Å². The minimum absolute atomic E-state index is 0.0422. The predicted molar refractivity (Wildman–Crippen MR) is 48.9 cm³/mol. The van der Waals surface area contributed by atoms with E-state index in [4.69, 9.17) is 0 Å². The Kier molecular flexibility index (Phi) is 2.42. The van der Waals surface area contributed by atoms with Crippen molar-refractivity contribution in [3.05, 3.63) is 22.1 Å². The van der Waals surface area contributed by atoms with Crippen LogP contribution in [0.3, 0.4) is 0 Å². The number of hydrogen-bond acceptors (Lipinski definition) is 2. The molecule has 1 atom stereocenters. The first-order valence-electron chi connectivity index (χ1n) is 4.33. The minimum Gasteiger partial charge on any atom is -0.310 e. The quantitative estimate of drug-likeness (QED) is 0.709. The van der Waals surface area contributed by atoms with Crippen LogP contribution in [-0.4, -0.2) is 6.54 Å². The van der Waals surface area contributed by atoms with E-state index in [2.05, 4.69) is 5.32 Å². The van der Waals surface area contributed by atoms with E-state index in [0.717, 1.165) is 18.5 Å². The molecule has 0 saturated carbocycles. The van der Waals surface area contributed by atoms with Crippen LogP contribution in [0, 0.1) is 5.82 Å². The molecule has 66 valence electrons. The first-order chi connectivity index (χ1) is 5.88. The molecular weight excluding hydrogens is 173 g/mol. The van der Waals surface area contributed by atoms with Gasteiger partial charge in [-0.3, -0.25) is 0 Å². The van der Waals surface area contributed by atoms with Gasteiger partial charge in [-0.1, -0.05) is 6.42 Å². The van der Waals surface area contributed by atoms with Crippen molar-refractivity contribution in [3.63, 3.8) is 0 Å². The number of hydrogen-bond donors (Lipinski definition) is 1. The van der Waals surface area contributed by atoms with Gasteiger partial charge in [0, 0.05) is 17.0 Å². The molecule has 0 aromatic carbocycles. The lowest BCUT2D eigenvalue weighted by Gasteiger charge is -2.22. The van der Waals surface area contributed by atoms with Gasteiger partial charge in [0.15, 0.2) is 0 Å². The monoisotopic (exact) mass is 185 g/mol. The van der Waals surface area contributed by atoms with Crippen molar-refractivity contribution in [2.75, 3.05) is 6.54 Å². The highest BCUT2D eigenvalue weighted by Crippen LogP contribution is 2.27.